The molecule has 0 radical (unpaired) electrons. The molecule has 0 amide bonds. The van der Waals surface area contributed by atoms with Gasteiger partial charge in [0.1, 0.15) is 6.54 Å². The summed E-state index contributed by atoms with van der Waals surface area (Å²) >= 11 is 0. The molecule has 0 unspecified atom stereocenters. The number of benzene rings is 1. The van der Waals surface area contributed by atoms with Crippen LogP contribution in [0.4, 0.5) is 0 Å². The number of quaternary nitrogens is 1. The summed E-state index contributed by atoms with van der Waals surface area (Å²) < 4.78 is 0. The Morgan fingerprint density at radius 2 is 1.23 bits per heavy atom. The molecule has 3 aromatic rings. The van der Waals surface area contributed by atoms with E-state index in [4.69, 9.17) is 0 Å². The number of rotatable bonds is 3. The van der Waals surface area contributed by atoms with E-state index in [0.717, 1.165) is 6.54 Å². The largest absolute Gasteiger partial charge is 2.00 e. The Balaban J connectivity index is 0.000000334. The second-order valence-electron chi connectivity index (χ2n) is 5.09. The van der Waals surface area contributed by atoms with Gasteiger partial charge in [-0.1, -0.05) is 30.3 Å². The van der Waals surface area contributed by atoms with E-state index in [1.807, 2.05) is 60.7 Å². The van der Waals surface area contributed by atoms with Crippen LogP contribution in [0, 0.1) is 0 Å². The third kappa shape index (κ3) is 12.4. The molecular weight excluding hydrogens is 279 g/mol. The van der Waals surface area contributed by atoms with Crippen LogP contribution < -0.4 is 5.32 Å². The van der Waals surface area contributed by atoms with Gasteiger partial charge in [0.05, 0.1) is 6.04 Å². The Morgan fingerprint density at radius 1 is 0.773 bits per heavy atom. The Hall–Kier alpha value is -1.35. The molecule has 0 heterocycles. The average Bonchev–Trinajstić information content (AvgIpc) is 3.23. The van der Waals surface area contributed by atoms with Crippen LogP contribution in [0.2, 0.25) is 0 Å². The fourth-order valence-corrected chi connectivity index (χ4v) is 1.63. The molecule has 1 nitrogen and oxygen atoms in total. The predicted octanol–water partition coefficient (Wildman–Crippen LogP) is 3.59. The first kappa shape index (κ1) is 20.6. The van der Waals surface area contributed by atoms with Crippen molar-refractivity contribution in [2.45, 2.75) is 26.4 Å². The number of hydrogen-bond acceptors (Lipinski definition) is 0. The van der Waals surface area contributed by atoms with E-state index < -0.39 is 0 Å². The standard InChI is InChI=1S/C10H15N.2C5H5.Mg/c1-9(2)11-8-10-6-4-3-5-7-10;2*1-2-4-5-3-1;/h3-7,9,11H,8H2,1-2H3;2*1-5H;/q;2*-1;+2/p+1. The minimum atomic E-state index is 0. The van der Waals surface area contributed by atoms with Crippen molar-refractivity contribution in [3.63, 3.8) is 0 Å². The van der Waals surface area contributed by atoms with Crippen LogP contribution in [0.25, 0.3) is 0 Å². The van der Waals surface area contributed by atoms with Crippen molar-refractivity contribution in [1.29, 1.82) is 0 Å². The van der Waals surface area contributed by atoms with Crippen molar-refractivity contribution in [2.24, 2.45) is 0 Å². The summed E-state index contributed by atoms with van der Waals surface area (Å²) in [5, 5.41) is 2.33. The first-order chi connectivity index (χ1) is 10.3. The number of nitrogens with two attached hydrogens (primary N) is 1. The molecule has 2 N–H and O–H groups in total. The van der Waals surface area contributed by atoms with Crippen LogP contribution in [0.5, 0.6) is 0 Å². The molecule has 0 spiro atoms. The van der Waals surface area contributed by atoms with Gasteiger partial charge < -0.3 is 5.32 Å². The van der Waals surface area contributed by atoms with Crippen LogP contribution in [0.15, 0.2) is 91.0 Å². The van der Waals surface area contributed by atoms with E-state index in [2.05, 4.69) is 49.5 Å². The van der Waals surface area contributed by atoms with Gasteiger partial charge in [-0.3, -0.25) is 0 Å². The topological polar surface area (TPSA) is 16.6 Å². The second-order valence-corrected chi connectivity index (χ2v) is 5.09. The van der Waals surface area contributed by atoms with Gasteiger partial charge in [-0.25, -0.2) is 24.3 Å². The molecule has 22 heavy (non-hydrogen) atoms. The molecular formula is C20H26MgN+. The second kappa shape index (κ2) is 14.6. The number of hydrogen-bond donors (Lipinski definition) is 1. The Labute approximate surface area is 151 Å². The Bertz CT molecular complexity index is 437. The van der Waals surface area contributed by atoms with Crippen molar-refractivity contribution >= 4 is 23.1 Å². The maximum atomic E-state index is 2.33. The van der Waals surface area contributed by atoms with Gasteiger partial charge in [0.2, 0.25) is 0 Å². The van der Waals surface area contributed by atoms with Crippen LogP contribution in [-0.2, 0) is 6.54 Å². The van der Waals surface area contributed by atoms with Crippen molar-refractivity contribution in [1.82, 2.24) is 0 Å². The van der Waals surface area contributed by atoms with Crippen LogP contribution in [0.3, 0.4) is 0 Å². The van der Waals surface area contributed by atoms with E-state index in [9.17, 15) is 0 Å². The predicted molar refractivity (Wildman–Crippen MR) is 97.0 cm³/mol. The van der Waals surface area contributed by atoms with E-state index in [1.54, 1.807) is 0 Å². The quantitative estimate of drug-likeness (QED) is 0.562. The summed E-state index contributed by atoms with van der Waals surface area (Å²) in [7, 11) is 0. The fourth-order valence-electron chi connectivity index (χ4n) is 1.63. The third-order valence-electron chi connectivity index (χ3n) is 2.78. The van der Waals surface area contributed by atoms with Crippen molar-refractivity contribution < 1.29 is 5.32 Å². The zero-order valence-electron chi connectivity index (χ0n) is 13.7. The summed E-state index contributed by atoms with van der Waals surface area (Å²) in [6.45, 7) is 5.52. The minimum Gasteiger partial charge on any atom is -0.341 e. The van der Waals surface area contributed by atoms with E-state index in [0.29, 0.717) is 6.04 Å². The normalized spacial score (nSPS) is 8.86. The fraction of sp³-hybridized carbons (Fsp3) is 0.200. The molecule has 0 aliphatic heterocycles. The first-order valence-electron chi connectivity index (χ1n) is 7.49. The van der Waals surface area contributed by atoms with Gasteiger partial charge in [-0.2, -0.15) is 36.4 Å². The zero-order chi connectivity index (χ0) is 15.2. The first-order valence-corrected chi connectivity index (χ1v) is 7.49. The molecule has 0 fully saturated rings. The zero-order valence-corrected chi connectivity index (χ0v) is 15.1. The molecule has 0 aliphatic rings. The maximum absolute atomic E-state index is 2.33. The molecule has 112 valence electrons. The smallest absolute Gasteiger partial charge is 0.341 e. The monoisotopic (exact) mass is 304 g/mol. The summed E-state index contributed by atoms with van der Waals surface area (Å²) in [5.41, 5.74) is 1.40. The molecule has 0 bridgehead atoms. The van der Waals surface area contributed by atoms with Gasteiger partial charge in [-0.15, -0.1) is 0 Å². The Kier molecular flexibility index (Phi) is 13.7. The van der Waals surface area contributed by atoms with Crippen molar-refractivity contribution in [3.05, 3.63) is 96.6 Å². The average molecular weight is 305 g/mol. The molecule has 3 aromatic carbocycles. The SMILES string of the molecule is CC(C)[NH2+]Cc1ccccc1.[Mg+2].c1cc[cH-]c1.c1cc[cH-]c1. The van der Waals surface area contributed by atoms with Gasteiger partial charge >= 0.3 is 23.1 Å². The molecule has 2 heteroatoms. The summed E-state index contributed by atoms with van der Waals surface area (Å²) in [6, 6.07) is 31.2. The molecule has 0 aliphatic carbocycles. The van der Waals surface area contributed by atoms with Crippen LogP contribution in [0.1, 0.15) is 19.4 Å². The third-order valence-corrected chi connectivity index (χ3v) is 2.78. The van der Waals surface area contributed by atoms with Crippen molar-refractivity contribution in [2.75, 3.05) is 0 Å². The Morgan fingerprint density at radius 3 is 1.55 bits per heavy atom. The maximum Gasteiger partial charge on any atom is 2.00 e. The van der Waals surface area contributed by atoms with E-state index >= 15 is 0 Å². The van der Waals surface area contributed by atoms with Gasteiger partial charge in [0.15, 0.2) is 0 Å². The summed E-state index contributed by atoms with van der Waals surface area (Å²) in [6.07, 6.45) is 0. The summed E-state index contributed by atoms with van der Waals surface area (Å²) in [4.78, 5) is 0. The van der Waals surface area contributed by atoms with Gasteiger partial charge in [-0.05, 0) is 13.8 Å². The van der Waals surface area contributed by atoms with Crippen LogP contribution in [-0.4, -0.2) is 29.1 Å². The van der Waals surface area contributed by atoms with Crippen LogP contribution >= 0.6 is 0 Å². The molecule has 0 atom stereocenters. The molecule has 0 saturated heterocycles. The van der Waals surface area contributed by atoms with Gasteiger partial charge in [0, 0.05) is 5.56 Å². The molecule has 0 saturated carbocycles. The van der Waals surface area contributed by atoms with E-state index in [1.165, 1.54) is 5.56 Å². The minimum absolute atomic E-state index is 0. The van der Waals surface area contributed by atoms with Gasteiger partial charge in [0.25, 0.3) is 0 Å². The summed E-state index contributed by atoms with van der Waals surface area (Å²) in [5.74, 6) is 0. The van der Waals surface area contributed by atoms with Crippen molar-refractivity contribution in [3.8, 4) is 0 Å². The van der Waals surface area contributed by atoms with E-state index in [-0.39, 0.29) is 23.1 Å². The molecule has 3 rings (SSSR count). The molecule has 0 aromatic heterocycles.